The van der Waals surface area contributed by atoms with E-state index in [0.29, 0.717) is 18.8 Å². The number of benzene rings is 1. The zero-order valence-electron chi connectivity index (χ0n) is 15.4. The lowest BCUT2D eigenvalue weighted by molar-refractivity contribution is 0.0260. The van der Waals surface area contributed by atoms with Gasteiger partial charge in [0.2, 0.25) is 0 Å². The Morgan fingerprint density at radius 3 is 2.78 bits per heavy atom. The Hall–Kier alpha value is -2.18. The quantitative estimate of drug-likeness (QED) is 0.718. The zero-order chi connectivity index (χ0) is 18.6. The molecule has 1 aromatic carbocycles. The van der Waals surface area contributed by atoms with Crippen LogP contribution in [0.3, 0.4) is 0 Å². The van der Waals surface area contributed by atoms with Gasteiger partial charge < -0.3 is 15.7 Å². The molecular weight excluding hydrogens is 340 g/mol. The van der Waals surface area contributed by atoms with Gasteiger partial charge in [0.1, 0.15) is 0 Å². The Morgan fingerprint density at radius 2 is 1.96 bits per heavy atom. The highest BCUT2D eigenvalue weighted by atomic mass is 16.3. The molecule has 2 heterocycles. The fraction of sp³-hybridized carbons (Fsp3) is 0.524. The van der Waals surface area contributed by atoms with E-state index in [1.54, 1.807) is 0 Å². The maximum absolute atomic E-state index is 13.1. The molecule has 5 rings (SSSR count). The highest BCUT2D eigenvalue weighted by Crippen LogP contribution is 2.50. The van der Waals surface area contributed by atoms with Gasteiger partial charge in [-0.2, -0.15) is 5.10 Å². The Bertz CT molecular complexity index is 882. The maximum Gasteiger partial charge on any atom is 0.274 e. The van der Waals surface area contributed by atoms with Crippen molar-refractivity contribution in [2.24, 2.45) is 5.73 Å². The van der Waals surface area contributed by atoms with Gasteiger partial charge in [-0.1, -0.05) is 24.3 Å². The summed E-state index contributed by atoms with van der Waals surface area (Å²) < 4.78 is 0. The van der Waals surface area contributed by atoms with Gasteiger partial charge in [-0.3, -0.25) is 9.89 Å². The number of amides is 1. The molecule has 2 aliphatic carbocycles. The Morgan fingerprint density at radius 1 is 1.22 bits per heavy atom. The number of aromatic amines is 1. The first-order chi connectivity index (χ1) is 13.1. The third kappa shape index (κ3) is 2.39. The number of likely N-dealkylation sites (tertiary alicyclic amines) is 1. The molecular formula is C21H26N4O2. The number of nitrogens with two attached hydrogens (primary N) is 1. The number of aliphatic hydroxyl groups is 1. The van der Waals surface area contributed by atoms with Crippen molar-refractivity contribution in [2.75, 3.05) is 13.1 Å². The standard InChI is InChI=1S/C21H26N4O2/c22-17-13-5-1-3-7-15(13)21(19(17)26)9-11-25(12-10-21)20(27)18-14-6-2-4-8-16(14)23-24-18/h1,3,5,7,17,19,26H,2,4,6,8-12,22H2,(H,23,24)/t17-,19+/m1/s1. The molecule has 142 valence electrons. The predicted molar refractivity (Wildman–Crippen MR) is 101 cm³/mol. The van der Waals surface area contributed by atoms with Crippen molar-refractivity contribution in [1.82, 2.24) is 15.1 Å². The van der Waals surface area contributed by atoms with E-state index < -0.39 is 6.10 Å². The number of aromatic nitrogens is 2. The minimum atomic E-state index is -0.592. The molecule has 0 bridgehead atoms. The van der Waals surface area contributed by atoms with Gasteiger partial charge in [-0.25, -0.2) is 0 Å². The van der Waals surface area contributed by atoms with Crippen molar-refractivity contribution in [3.8, 4) is 0 Å². The first kappa shape index (κ1) is 17.0. The van der Waals surface area contributed by atoms with Crippen LogP contribution in [0.2, 0.25) is 0 Å². The molecule has 1 fully saturated rings. The van der Waals surface area contributed by atoms with Crippen molar-refractivity contribution in [2.45, 2.75) is 56.1 Å². The second-order valence-electron chi connectivity index (χ2n) is 8.24. The van der Waals surface area contributed by atoms with Crippen LogP contribution in [0.1, 0.15) is 64.6 Å². The zero-order valence-corrected chi connectivity index (χ0v) is 15.4. The van der Waals surface area contributed by atoms with Crippen LogP contribution in [-0.4, -0.2) is 45.3 Å². The average molecular weight is 366 g/mol. The molecule has 0 unspecified atom stereocenters. The minimum Gasteiger partial charge on any atom is -0.390 e. The molecule has 1 amide bonds. The highest BCUT2D eigenvalue weighted by Gasteiger charge is 2.51. The van der Waals surface area contributed by atoms with E-state index in [0.717, 1.165) is 60.9 Å². The van der Waals surface area contributed by atoms with Crippen molar-refractivity contribution >= 4 is 5.91 Å². The van der Waals surface area contributed by atoms with Crippen LogP contribution in [0.4, 0.5) is 0 Å². The van der Waals surface area contributed by atoms with Gasteiger partial charge in [0, 0.05) is 29.8 Å². The summed E-state index contributed by atoms with van der Waals surface area (Å²) in [4.78, 5) is 15.0. The molecule has 6 nitrogen and oxygen atoms in total. The second kappa shape index (κ2) is 6.17. The maximum atomic E-state index is 13.1. The number of carbonyl (C=O) groups is 1. The second-order valence-corrected chi connectivity index (χ2v) is 8.24. The lowest BCUT2D eigenvalue weighted by atomic mass is 9.72. The predicted octanol–water partition coefficient (Wildman–Crippen LogP) is 1.84. The number of H-pyrrole nitrogens is 1. The van der Waals surface area contributed by atoms with Crippen LogP contribution in [-0.2, 0) is 18.3 Å². The Balaban J connectivity index is 1.38. The van der Waals surface area contributed by atoms with Crippen LogP contribution >= 0.6 is 0 Å². The Kier molecular flexibility index (Phi) is 3.88. The first-order valence-corrected chi connectivity index (χ1v) is 10.0. The number of rotatable bonds is 1. The fourth-order valence-corrected chi connectivity index (χ4v) is 5.40. The van der Waals surface area contributed by atoms with Gasteiger partial charge in [-0.05, 0) is 49.7 Å². The molecule has 2 aromatic rings. The largest absolute Gasteiger partial charge is 0.390 e. The number of hydrogen-bond acceptors (Lipinski definition) is 4. The monoisotopic (exact) mass is 366 g/mol. The molecule has 1 saturated heterocycles. The third-order valence-electron chi connectivity index (χ3n) is 6.96. The number of aliphatic hydroxyl groups excluding tert-OH is 1. The summed E-state index contributed by atoms with van der Waals surface area (Å²) in [5.41, 5.74) is 11.0. The third-order valence-corrected chi connectivity index (χ3v) is 6.96. The lowest BCUT2D eigenvalue weighted by Crippen LogP contribution is -2.50. The SMILES string of the molecule is N[C@@H]1c2ccccc2C2(CCN(C(=O)c3n[nH]c4c3CCCC4)CC2)[C@H]1O. The molecule has 0 saturated carbocycles. The number of aryl methyl sites for hydroxylation is 1. The van der Waals surface area contributed by atoms with Gasteiger partial charge in [-0.15, -0.1) is 0 Å². The molecule has 27 heavy (non-hydrogen) atoms. The minimum absolute atomic E-state index is 0.0225. The van der Waals surface area contributed by atoms with Crippen molar-refractivity contribution in [3.63, 3.8) is 0 Å². The molecule has 3 aliphatic rings. The summed E-state index contributed by atoms with van der Waals surface area (Å²) in [6, 6.07) is 7.75. The van der Waals surface area contributed by atoms with E-state index in [4.69, 9.17) is 5.73 Å². The average Bonchev–Trinajstić information content (AvgIpc) is 3.23. The van der Waals surface area contributed by atoms with Crippen LogP contribution in [0.25, 0.3) is 0 Å². The summed E-state index contributed by atoms with van der Waals surface area (Å²) in [6.45, 7) is 1.25. The molecule has 1 aliphatic heterocycles. The van der Waals surface area contributed by atoms with Crippen LogP contribution in [0.5, 0.6) is 0 Å². The molecule has 2 atom stereocenters. The number of nitrogens with one attached hydrogen (secondary N) is 1. The first-order valence-electron chi connectivity index (χ1n) is 10.0. The van der Waals surface area contributed by atoms with Crippen LogP contribution in [0.15, 0.2) is 24.3 Å². The molecule has 1 aromatic heterocycles. The van der Waals surface area contributed by atoms with E-state index >= 15 is 0 Å². The van der Waals surface area contributed by atoms with Gasteiger partial charge in [0.15, 0.2) is 5.69 Å². The number of fused-ring (bicyclic) bond motifs is 3. The van der Waals surface area contributed by atoms with Crippen molar-refractivity contribution in [3.05, 3.63) is 52.3 Å². The van der Waals surface area contributed by atoms with Crippen LogP contribution in [0, 0.1) is 0 Å². The Labute approximate surface area is 158 Å². The number of hydrogen-bond donors (Lipinski definition) is 3. The topological polar surface area (TPSA) is 95.2 Å². The van der Waals surface area contributed by atoms with Crippen molar-refractivity contribution < 1.29 is 9.90 Å². The fourth-order valence-electron chi connectivity index (χ4n) is 5.40. The smallest absolute Gasteiger partial charge is 0.274 e. The van der Waals surface area contributed by atoms with Gasteiger partial charge in [0.05, 0.1) is 12.1 Å². The lowest BCUT2D eigenvalue weighted by Gasteiger charge is -2.42. The number of nitrogens with zero attached hydrogens (tertiary/aromatic N) is 2. The molecule has 4 N–H and O–H groups in total. The van der Waals surface area contributed by atoms with Gasteiger partial charge >= 0.3 is 0 Å². The molecule has 0 radical (unpaired) electrons. The van der Waals surface area contributed by atoms with E-state index in [1.165, 1.54) is 0 Å². The van der Waals surface area contributed by atoms with Crippen LogP contribution < -0.4 is 5.73 Å². The normalized spacial score (nSPS) is 26.1. The van der Waals surface area contributed by atoms with Gasteiger partial charge in [0.25, 0.3) is 5.91 Å². The van der Waals surface area contributed by atoms with E-state index in [9.17, 15) is 9.90 Å². The van der Waals surface area contributed by atoms with E-state index in [1.807, 2.05) is 23.1 Å². The number of piperidine rings is 1. The molecule has 6 heteroatoms. The summed E-state index contributed by atoms with van der Waals surface area (Å²) >= 11 is 0. The molecule has 1 spiro atoms. The van der Waals surface area contributed by atoms with Crippen molar-refractivity contribution in [1.29, 1.82) is 0 Å². The van der Waals surface area contributed by atoms with E-state index in [-0.39, 0.29) is 17.4 Å². The summed E-state index contributed by atoms with van der Waals surface area (Å²) in [5, 5.41) is 18.3. The highest BCUT2D eigenvalue weighted by molar-refractivity contribution is 5.94. The van der Waals surface area contributed by atoms with E-state index in [2.05, 4.69) is 16.3 Å². The summed E-state index contributed by atoms with van der Waals surface area (Å²) in [5.74, 6) is 0.0225. The summed E-state index contributed by atoms with van der Waals surface area (Å²) in [7, 11) is 0. The number of carbonyl (C=O) groups excluding carboxylic acids is 1. The summed E-state index contributed by atoms with van der Waals surface area (Å²) in [6.07, 6.45) is 5.08.